The molecule has 1 atom stereocenters. The fraction of sp³-hybridized carbons (Fsp3) is 0.316. The number of carbonyl (C=O) groups is 1. The largest absolute Gasteiger partial charge is 0.497 e. The number of benzene rings is 2. The van der Waals surface area contributed by atoms with Gasteiger partial charge < -0.3 is 24.3 Å². The lowest BCUT2D eigenvalue weighted by Crippen LogP contribution is -2.24. The Morgan fingerprint density at radius 1 is 0.920 bits per heavy atom. The SMILES string of the molecule is COc1ccc([C@H]2CC(=O)Nc3cc(OC)c(OC)c(OC)c32)cc1. The highest BCUT2D eigenvalue weighted by Crippen LogP contribution is 2.51. The summed E-state index contributed by atoms with van der Waals surface area (Å²) >= 11 is 0. The molecule has 0 aliphatic carbocycles. The van der Waals surface area contributed by atoms with E-state index in [0.29, 0.717) is 29.4 Å². The molecule has 0 fully saturated rings. The van der Waals surface area contributed by atoms with Crippen LogP contribution in [0.15, 0.2) is 30.3 Å². The van der Waals surface area contributed by atoms with Crippen LogP contribution in [0.3, 0.4) is 0 Å². The van der Waals surface area contributed by atoms with E-state index >= 15 is 0 Å². The molecular formula is C19H21NO5. The van der Waals surface area contributed by atoms with Gasteiger partial charge in [-0.2, -0.15) is 0 Å². The van der Waals surface area contributed by atoms with Gasteiger partial charge in [0.05, 0.1) is 34.1 Å². The van der Waals surface area contributed by atoms with Crippen molar-refractivity contribution in [2.75, 3.05) is 33.8 Å². The van der Waals surface area contributed by atoms with Crippen LogP contribution in [0.25, 0.3) is 0 Å². The number of hydrogen-bond donors (Lipinski definition) is 1. The molecule has 132 valence electrons. The maximum atomic E-state index is 12.2. The number of anilines is 1. The molecule has 1 aliphatic heterocycles. The number of methoxy groups -OCH3 is 4. The minimum atomic E-state index is -0.149. The van der Waals surface area contributed by atoms with Crippen LogP contribution in [0.4, 0.5) is 5.69 Å². The Kier molecular flexibility index (Phi) is 4.70. The summed E-state index contributed by atoms with van der Waals surface area (Å²) in [6.45, 7) is 0. The van der Waals surface area contributed by atoms with E-state index in [4.69, 9.17) is 18.9 Å². The van der Waals surface area contributed by atoms with E-state index < -0.39 is 0 Å². The van der Waals surface area contributed by atoms with E-state index in [-0.39, 0.29) is 11.8 Å². The highest BCUT2D eigenvalue weighted by molar-refractivity contribution is 5.97. The molecule has 6 heteroatoms. The fourth-order valence-electron chi connectivity index (χ4n) is 3.24. The van der Waals surface area contributed by atoms with Crippen LogP contribution < -0.4 is 24.3 Å². The Bertz CT molecular complexity index is 785. The quantitative estimate of drug-likeness (QED) is 0.903. The maximum Gasteiger partial charge on any atom is 0.225 e. The molecule has 1 N–H and O–H groups in total. The average Bonchev–Trinajstić information content (AvgIpc) is 2.65. The minimum Gasteiger partial charge on any atom is -0.497 e. The molecule has 1 amide bonds. The topological polar surface area (TPSA) is 66.0 Å². The van der Waals surface area contributed by atoms with Gasteiger partial charge in [-0.1, -0.05) is 12.1 Å². The first-order valence-corrected chi connectivity index (χ1v) is 7.89. The first-order chi connectivity index (χ1) is 12.1. The number of hydrogen-bond acceptors (Lipinski definition) is 5. The molecule has 0 unspecified atom stereocenters. The summed E-state index contributed by atoms with van der Waals surface area (Å²) in [4.78, 5) is 12.2. The normalized spacial score (nSPS) is 15.8. The lowest BCUT2D eigenvalue weighted by molar-refractivity contribution is -0.116. The summed E-state index contributed by atoms with van der Waals surface area (Å²) in [7, 11) is 6.32. The molecule has 0 saturated heterocycles. The van der Waals surface area contributed by atoms with Gasteiger partial charge in [0.2, 0.25) is 11.7 Å². The van der Waals surface area contributed by atoms with Crippen LogP contribution in [0, 0.1) is 0 Å². The number of rotatable bonds is 5. The van der Waals surface area contributed by atoms with Crippen LogP contribution in [0.2, 0.25) is 0 Å². The van der Waals surface area contributed by atoms with Crippen LogP contribution in [-0.4, -0.2) is 34.3 Å². The summed E-state index contributed by atoms with van der Waals surface area (Å²) < 4.78 is 21.7. The van der Waals surface area contributed by atoms with Gasteiger partial charge in [-0.25, -0.2) is 0 Å². The van der Waals surface area contributed by atoms with Crippen LogP contribution in [-0.2, 0) is 4.79 Å². The van der Waals surface area contributed by atoms with Gasteiger partial charge in [-0.15, -0.1) is 0 Å². The molecule has 1 heterocycles. The van der Waals surface area contributed by atoms with E-state index in [1.165, 1.54) is 0 Å². The van der Waals surface area contributed by atoms with Crippen molar-refractivity contribution in [1.29, 1.82) is 0 Å². The molecule has 6 nitrogen and oxygen atoms in total. The molecule has 0 radical (unpaired) electrons. The van der Waals surface area contributed by atoms with Crippen molar-refractivity contribution >= 4 is 11.6 Å². The van der Waals surface area contributed by atoms with Crippen molar-refractivity contribution in [3.8, 4) is 23.0 Å². The number of ether oxygens (including phenoxy) is 4. The maximum absolute atomic E-state index is 12.2. The second-order valence-corrected chi connectivity index (χ2v) is 5.68. The number of amides is 1. The summed E-state index contributed by atoms with van der Waals surface area (Å²) in [5, 5.41) is 2.90. The van der Waals surface area contributed by atoms with Gasteiger partial charge in [-0.05, 0) is 17.7 Å². The Morgan fingerprint density at radius 3 is 2.16 bits per heavy atom. The monoisotopic (exact) mass is 343 g/mol. The molecule has 2 aromatic rings. The molecule has 0 aromatic heterocycles. The molecule has 3 rings (SSSR count). The Hall–Kier alpha value is -2.89. The van der Waals surface area contributed by atoms with E-state index in [9.17, 15) is 4.79 Å². The van der Waals surface area contributed by atoms with Gasteiger partial charge in [0.25, 0.3) is 0 Å². The van der Waals surface area contributed by atoms with Crippen molar-refractivity contribution in [1.82, 2.24) is 0 Å². The zero-order valence-electron chi connectivity index (χ0n) is 14.7. The minimum absolute atomic E-state index is 0.0532. The Labute approximate surface area is 146 Å². The first-order valence-electron chi connectivity index (χ1n) is 7.89. The third-order valence-corrected chi connectivity index (χ3v) is 4.40. The van der Waals surface area contributed by atoms with Crippen molar-refractivity contribution in [3.05, 3.63) is 41.5 Å². The number of fused-ring (bicyclic) bond motifs is 1. The molecule has 2 aromatic carbocycles. The van der Waals surface area contributed by atoms with Crippen molar-refractivity contribution < 1.29 is 23.7 Å². The number of carbonyl (C=O) groups excluding carboxylic acids is 1. The van der Waals surface area contributed by atoms with Crippen LogP contribution in [0.1, 0.15) is 23.5 Å². The molecule has 0 saturated carbocycles. The van der Waals surface area contributed by atoms with Gasteiger partial charge in [0, 0.05) is 24.0 Å². The standard InChI is InChI=1S/C19H21NO5/c1-22-12-7-5-11(6-8-12)13-9-16(21)20-14-10-15(23-2)18(24-3)19(25-4)17(13)14/h5-8,10,13H,9H2,1-4H3,(H,20,21)/t13-/m1/s1. The van der Waals surface area contributed by atoms with Gasteiger partial charge in [0.15, 0.2) is 11.5 Å². The van der Waals surface area contributed by atoms with E-state index in [2.05, 4.69) is 5.32 Å². The highest BCUT2D eigenvalue weighted by atomic mass is 16.5. The third kappa shape index (κ3) is 2.95. The molecule has 0 bridgehead atoms. The first kappa shape index (κ1) is 17.0. The average molecular weight is 343 g/mol. The zero-order chi connectivity index (χ0) is 18.0. The van der Waals surface area contributed by atoms with Crippen LogP contribution >= 0.6 is 0 Å². The lowest BCUT2D eigenvalue weighted by Gasteiger charge is -2.29. The zero-order valence-corrected chi connectivity index (χ0v) is 14.7. The smallest absolute Gasteiger partial charge is 0.225 e. The highest BCUT2D eigenvalue weighted by Gasteiger charge is 2.33. The summed E-state index contributed by atoms with van der Waals surface area (Å²) in [5.41, 5.74) is 2.55. The predicted molar refractivity (Wildman–Crippen MR) is 94.2 cm³/mol. The van der Waals surface area contributed by atoms with Crippen LogP contribution in [0.5, 0.6) is 23.0 Å². The van der Waals surface area contributed by atoms with E-state index in [0.717, 1.165) is 16.9 Å². The summed E-state index contributed by atoms with van der Waals surface area (Å²) in [6.07, 6.45) is 0.325. The molecular weight excluding hydrogens is 322 g/mol. The fourth-order valence-corrected chi connectivity index (χ4v) is 3.24. The van der Waals surface area contributed by atoms with E-state index in [1.807, 2.05) is 24.3 Å². The molecule has 0 spiro atoms. The van der Waals surface area contributed by atoms with Crippen molar-refractivity contribution in [2.45, 2.75) is 12.3 Å². The van der Waals surface area contributed by atoms with Crippen molar-refractivity contribution in [3.63, 3.8) is 0 Å². The molecule has 1 aliphatic rings. The second-order valence-electron chi connectivity index (χ2n) is 5.68. The van der Waals surface area contributed by atoms with E-state index in [1.54, 1.807) is 34.5 Å². The summed E-state index contributed by atoms with van der Waals surface area (Å²) in [5.74, 6) is 2.15. The van der Waals surface area contributed by atoms with Gasteiger partial charge in [-0.3, -0.25) is 4.79 Å². The van der Waals surface area contributed by atoms with Crippen molar-refractivity contribution in [2.24, 2.45) is 0 Å². The number of nitrogens with one attached hydrogen (secondary N) is 1. The summed E-state index contributed by atoms with van der Waals surface area (Å²) in [6, 6.07) is 9.46. The lowest BCUT2D eigenvalue weighted by atomic mass is 9.83. The van der Waals surface area contributed by atoms with Gasteiger partial charge in [0.1, 0.15) is 5.75 Å². The third-order valence-electron chi connectivity index (χ3n) is 4.40. The van der Waals surface area contributed by atoms with Gasteiger partial charge >= 0.3 is 0 Å². The predicted octanol–water partition coefficient (Wildman–Crippen LogP) is 3.20. The Morgan fingerprint density at radius 2 is 1.60 bits per heavy atom. The molecule has 25 heavy (non-hydrogen) atoms. The second kappa shape index (κ2) is 6.93. The Balaban J connectivity index is 2.19.